The van der Waals surface area contributed by atoms with Crippen molar-refractivity contribution in [3.63, 3.8) is 0 Å². The zero-order valence-electron chi connectivity index (χ0n) is 18.0. The summed E-state index contributed by atoms with van der Waals surface area (Å²) >= 11 is 0. The van der Waals surface area contributed by atoms with Crippen molar-refractivity contribution in [1.82, 2.24) is 0 Å². The van der Waals surface area contributed by atoms with E-state index in [4.69, 9.17) is 9.47 Å². The molecule has 0 aromatic carbocycles. The Kier molecular flexibility index (Phi) is 14.3. The minimum Gasteiger partial charge on any atom is -0.465 e. The Morgan fingerprint density at radius 1 is 0.714 bits per heavy atom. The van der Waals surface area contributed by atoms with Crippen molar-refractivity contribution in [2.75, 3.05) is 13.2 Å². The third-order valence-electron chi connectivity index (χ3n) is 5.13. The fourth-order valence-electron chi connectivity index (χ4n) is 3.46. The zero-order chi connectivity index (χ0) is 20.5. The van der Waals surface area contributed by atoms with Crippen LogP contribution in [-0.2, 0) is 19.1 Å². The van der Waals surface area contributed by atoms with Gasteiger partial charge in [-0.1, -0.05) is 63.8 Å². The highest BCUT2D eigenvalue weighted by molar-refractivity contribution is 5.82. The predicted molar refractivity (Wildman–Crippen MR) is 114 cm³/mol. The van der Waals surface area contributed by atoms with E-state index >= 15 is 0 Å². The molecule has 0 amide bonds. The molecule has 160 valence electrons. The highest BCUT2D eigenvalue weighted by atomic mass is 16.5. The summed E-state index contributed by atoms with van der Waals surface area (Å²) in [5.41, 5.74) is 0. The van der Waals surface area contributed by atoms with Crippen LogP contribution in [0.15, 0.2) is 24.3 Å². The van der Waals surface area contributed by atoms with Gasteiger partial charge in [-0.3, -0.25) is 9.59 Å². The summed E-state index contributed by atoms with van der Waals surface area (Å²) in [4.78, 5) is 24.9. The van der Waals surface area contributed by atoms with E-state index in [0.29, 0.717) is 13.2 Å². The molecule has 0 saturated heterocycles. The Hall–Kier alpha value is -1.58. The molecule has 1 aliphatic carbocycles. The zero-order valence-corrected chi connectivity index (χ0v) is 18.0. The minimum absolute atomic E-state index is 0.221. The molecule has 4 nitrogen and oxygen atoms in total. The molecule has 28 heavy (non-hydrogen) atoms. The van der Waals surface area contributed by atoms with Crippen LogP contribution in [0.4, 0.5) is 0 Å². The maximum atomic E-state index is 12.5. The van der Waals surface area contributed by atoms with Gasteiger partial charge in [0.2, 0.25) is 0 Å². The van der Waals surface area contributed by atoms with Gasteiger partial charge in [0.1, 0.15) is 0 Å². The molecule has 2 atom stereocenters. The topological polar surface area (TPSA) is 52.6 Å². The molecule has 0 spiro atoms. The SMILES string of the molecule is CCC/C=C/CCCOC(=O)C1CCCCC1C(=O)OCCC/C=C/CCC. The smallest absolute Gasteiger partial charge is 0.309 e. The molecule has 2 unspecified atom stereocenters. The first kappa shape index (κ1) is 24.5. The number of rotatable bonds is 14. The molecule has 1 aliphatic rings. The molecular weight excluding hydrogens is 352 g/mol. The van der Waals surface area contributed by atoms with Gasteiger partial charge < -0.3 is 9.47 Å². The van der Waals surface area contributed by atoms with Crippen molar-refractivity contribution in [2.45, 2.75) is 90.9 Å². The number of carbonyl (C=O) groups is 2. The van der Waals surface area contributed by atoms with Crippen LogP contribution in [-0.4, -0.2) is 25.2 Å². The molecule has 4 heteroatoms. The number of allylic oxidation sites excluding steroid dienone is 4. The fourth-order valence-corrected chi connectivity index (χ4v) is 3.46. The van der Waals surface area contributed by atoms with Gasteiger partial charge in [0, 0.05) is 0 Å². The first-order valence-electron chi connectivity index (χ1n) is 11.3. The average Bonchev–Trinajstić information content (AvgIpc) is 2.72. The standard InChI is InChI=1S/C24H40O4/c1-3-5-7-9-11-15-19-27-23(25)21-17-13-14-18-22(21)24(26)28-20-16-12-10-8-6-4-2/h7-10,21-22H,3-6,11-20H2,1-2H3/b9-7+,10-8+. The van der Waals surface area contributed by atoms with Crippen LogP contribution in [0.5, 0.6) is 0 Å². The van der Waals surface area contributed by atoms with E-state index in [1.54, 1.807) is 0 Å². The number of ether oxygens (including phenoxy) is 2. The normalized spacial score (nSPS) is 19.9. The third kappa shape index (κ3) is 10.7. The average molecular weight is 393 g/mol. The molecule has 0 aromatic rings. The maximum absolute atomic E-state index is 12.5. The lowest BCUT2D eigenvalue weighted by Gasteiger charge is -2.28. The Morgan fingerprint density at radius 2 is 1.11 bits per heavy atom. The monoisotopic (exact) mass is 392 g/mol. The quantitative estimate of drug-likeness (QED) is 0.202. The van der Waals surface area contributed by atoms with Gasteiger partial charge in [-0.15, -0.1) is 0 Å². The van der Waals surface area contributed by atoms with Gasteiger partial charge >= 0.3 is 11.9 Å². The fraction of sp³-hybridized carbons (Fsp3) is 0.750. The Labute approximate surface area is 171 Å². The van der Waals surface area contributed by atoms with Crippen molar-refractivity contribution < 1.29 is 19.1 Å². The summed E-state index contributed by atoms with van der Waals surface area (Å²) in [7, 11) is 0. The summed E-state index contributed by atoms with van der Waals surface area (Å²) in [6.45, 7) is 5.17. The Balaban J connectivity index is 2.30. The highest BCUT2D eigenvalue weighted by Gasteiger charge is 2.37. The lowest BCUT2D eigenvalue weighted by Crippen LogP contribution is -2.35. The van der Waals surface area contributed by atoms with Gasteiger partial charge in [0.05, 0.1) is 25.0 Å². The van der Waals surface area contributed by atoms with Gasteiger partial charge in [-0.25, -0.2) is 0 Å². The van der Waals surface area contributed by atoms with Crippen LogP contribution in [0, 0.1) is 11.8 Å². The van der Waals surface area contributed by atoms with E-state index in [-0.39, 0.29) is 23.8 Å². The van der Waals surface area contributed by atoms with Crippen LogP contribution in [0.2, 0.25) is 0 Å². The van der Waals surface area contributed by atoms with E-state index in [1.807, 2.05) is 0 Å². The van der Waals surface area contributed by atoms with Gasteiger partial charge in [-0.2, -0.15) is 0 Å². The molecule has 0 aliphatic heterocycles. The van der Waals surface area contributed by atoms with Crippen LogP contribution in [0.25, 0.3) is 0 Å². The van der Waals surface area contributed by atoms with Crippen molar-refractivity contribution in [3.05, 3.63) is 24.3 Å². The van der Waals surface area contributed by atoms with E-state index in [9.17, 15) is 9.59 Å². The Morgan fingerprint density at radius 3 is 1.50 bits per heavy atom. The largest absolute Gasteiger partial charge is 0.465 e. The first-order valence-corrected chi connectivity index (χ1v) is 11.3. The lowest BCUT2D eigenvalue weighted by atomic mass is 9.79. The van der Waals surface area contributed by atoms with E-state index in [1.165, 1.54) is 0 Å². The minimum atomic E-state index is -0.332. The Bertz CT molecular complexity index is 437. The highest BCUT2D eigenvalue weighted by Crippen LogP contribution is 2.32. The summed E-state index contributed by atoms with van der Waals surface area (Å²) in [5.74, 6) is -1.11. The van der Waals surface area contributed by atoms with Crippen LogP contribution in [0.3, 0.4) is 0 Å². The van der Waals surface area contributed by atoms with Crippen molar-refractivity contribution in [1.29, 1.82) is 0 Å². The van der Waals surface area contributed by atoms with Crippen LogP contribution >= 0.6 is 0 Å². The van der Waals surface area contributed by atoms with E-state index in [2.05, 4.69) is 38.2 Å². The van der Waals surface area contributed by atoms with Crippen molar-refractivity contribution >= 4 is 11.9 Å². The van der Waals surface area contributed by atoms with Gasteiger partial charge in [-0.05, 0) is 51.4 Å². The van der Waals surface area contributed by atoms with Crippen molar-refractivity contribution in [2.24, 2.45) is 11.8 Å². The number of hydrogen-bond acceptors (Lipinski definition) is 4. The molecular formula is C24H40O4. The molecule has 0 heterocycles. The summed E-state index contributed by atoms with van der Waals surface area (Å²) in [6.07, 6.45) is 20.1. The lowest BCUT2D eigenvalue weighted by molar-refractivity contribution is -0.163. The van der Waals surface area contributed by atoms with Gasteiger partial charge in [0.25, 0.3) is 0 Å². The predicted octanol–water partition coefficient (Wildman–Crippen LogP) is 6.15. The third-order valence-corrected chi connectivity index (χ3v) is 5.13. The first-order chi connectivity index (χ1) is 13.7. The second kappa shape index (κ2) is 16.4. The summed E-state index contributed by atoms with van der Waals surface area (Å²) in [6, 6.07) is 0. The van der Waals surface area contributed by atoms with E-state index in [0.717, 1.165) is 77.0 Å². The number of carbonyl (C=O) groups excluding carboxylic acids is 2. The summed E-state index contributed by atoms with van der Waals surface area (Å²) < 4.78 is 10.9. The number of hydrogen-bond donors (Lipinski definition) is 0. The van der Waals surface area contributed by atoms with Crippen molar-refractivity contribution in [3.8, 4) is 0 Å². The molecule has 1 fully saturated rings. The molecule has 1 saturated carbocycles. The second-order valence-corrected chi connectivity index (χ2v) is 7.64. The molecule has 1 rings (SSSR count). The molecule has 0 bridgehead atoms. The van der Waals surface area contributed by atoms with E-state index < -0.39 is 0 Å². The number of unbranched alkanes of at least 4 members (excludes halogenated alkanes) is 4. The molecule has 0 radical (unpaired) electrons. The summed E-state index contributed by atoms with van der Waals surface area (Å²) in [5, 5.41) is 0. The number of esters is 2. The van der Waals surface area contributed by atoms with Crippen LogP contribution in [0.1, 0.15) is 90.9 Å². The van der Waals surface area contributed by atoms with Gasteiger partial charge in [0.15, 0.2) is 0 Å². The molecule has 0 N–H and O–H groups in total. The maximum Gasteiger partial charge on any atom is 0.309 e. The van der Waals surface area contributed by atoms with Crippen LogP contribution < -0.4 is 0 Å². The molecule has 0 aromatic heterocycles. The second-order valence-electron chi connectivity index (χ2n) is 7.64.